The molecule has 0 aromatic carbocycles. The largest absolute Gasteiger partial charge is 0.353 e. The van der Waals surface area contributed by atoms with Gasteiger partial charge in [0.25, 0.3) is 0 Å². The molecule has 1 amide bonds. The third-order valence-corrected chi connectivity index (χ3v) is 1.28. The minimum atomic E-state index is -0.491. The second kappa shape index (κ2) is 1.72. The third kappa shape index (κ3) is 0.677. The second-order valence-corrected chi connectivity index (χ2v) is 1.93. The van der Waals surface area contributed by atoms with Crippen molar-refractivity contribution < 1.29 is 4.79 Å². The highest BCUT2D eigenvalue weighted by atomic mass is 16.2. The monoisotopic (exact) mass is 115 g/mol. The van der Waals surface area contributed by atoms with Crippen molar-refractivity contribution in [2.75, 3.05) is 6.54 Å². The summed E-state index contributed by atoms with van der Waals surface area (Å²) < 4.78 is 0. The van der Waals surface area contributed by atoms with E-state index in [0.29, 0.717) is 6.54 Å². The predicted molar refractivity (Wildman–Crippen MR) is 29.0 cm³/mol. The molecule has 1 aliphatic rings. The van der Waals surface area contributed by atoms with Crippen LogP contribution in [0.1, 0.15) is 0 Å². The third-order valence-electron chi connectivity index (χ3n) is 1.28. The van der Waals surface area contributed by atoms with Crippen LogP contribution in [-0.4, -0.2) is 24.5 Å². The van der Waals surface area contributed by atoms with Gasteiger partial charge in [0.1, 0.15) is 6.04 Å². The zero-order valence-electron chi connectivity index (χ0n) is 4.42. The first-order valence-electron chi connectivity index (χ1n) is 2.50. The van der Waals surface area contributed by atoms with Crippen LogP contribution < -0.4 is 16.8 Å². The zero-order valence-corrected chi connectivity index (χ0v) is 4.42. The Kier molecular flexibility index (Phi) is 1.19. The normalized spacial score (nSPS) is 37.5. The van der Waals surface area contributed by atoms with Gasteiger partial charge in [0, 0.05) is 12.6 Å². The summed E-state index contributed by atoms with van der Waals surface area (Å²) >= 11 is 0. The maximum atomic E-state index is 10.5. The lowest BCUT2D eigenvalue weighted by molar-refractivity contribution is -0.120. The smallest absolute Gasteiger partial charge is 0.238 e. The van der Waals surface area contributed by atoms with Gasteiger partial charge in [-0.3, -0.25) is 4.79 Å². The lowest BCUT2D eigenvalue weighted by Crippen LogP contribution is -2.41. The Morgan fingerprint density at radius 3 is 2.38 bits per heavy atom. The lowest BCUT2D eigenvalue weighted by Gasteiger charge is -2.01. The first kappa shape index (κ1) is 5.53. The molecular weight excluding hydrogens is 106 g/mol. The molecule has 0 aliphatic carbocycles. The van der Waals surface area contributed by atoms with Crippen LogP contribution in [0.15, 0.2) is 0 Å². The highest BCUT2D eigenvalue weighted by Gasteiger charge is 2.27. The van der Waals surface area contributed by atoms with Crippen molar-refractivity contribution in [2.45, 2.75) is 12.1 Å². The van der Waals surface area contributed by atoms with Gasteiger partial charge in [0.15, 0.2) is 0 Å². The molecule has 46 valence electrons. The Morgan fingerprint density at radius 1 is 1.62 bits per heavy atom. The topological polar surface area (TPSA) is 81.1 Å². The van der Waals surface area contributed by atoms with Gasteiger partial charge in [0.2, 0.25) is 5.91 Å². The summed E-state index contributed by atoms with van der Waals surface area (Å²) in [5, 5.41) is 2.53. The highest BCUT2D eigenvalue weighted by Crippen LogP contribution is 1.92. The van der Waals surface area contributed by atoms with Crippen LogP contribution >= 0.6 is 0 Å². The Hall–Kier alpha value is -0.610. The van der Waals surface area contributed by atoms with E-state index in [-0.39, 0.29) is 11.9 Å². The molecule has 1 heterocycles. The number of hydrogen-bond acceptors (Lipinski definition) is 3. The fourth-order valence-electron chi connectivity index (χ4n) is 0.658. The molecule has 0 spiro atoms. The van der Waals surface area contributed by atoms with Crippen LogP contribution in [0.25, 0.3) is 0 Å². The van der Waals surface area contributed by atoms with Gasteiger partial charge < -0.3 is 16.8 Å². The summed E-state index contributed by atoms with van der Waals surface area (Å²) in [6.07, 6.45) is 0. The molecule has 0 radical (unpaired) electrons. The second-order valence-electron chi connectivity index (χ2n) is 1.93. The van der Waals surface area contributed by atoms with Crippen LogP contribution in [0.3, 0.4) is 0 Å². The molecule has 0 aromatic heterocycles. The molecule has 0 unspecified atom stereocenters. The minimum absolute atomic E-state index is 0.141. The van der Waals surface area contributed by atoms with Crippen molar-refractivity contribution in [2.24, 2.45) is 11.5 Å². The number of nitrogens with one attached hydrogen (secondary N) is 1. The highest BCUT2D eigenvalue weighted by molar-refractivity contribution is 5.84. The Bertz CT molecular complexity index is 114. The molecule has 1 rings (SSSR count). The van der Waals surface area contributed by atoms with E-state index >= 15 is 0 Å². The Morgan fingerprint density at radius 2 is 2.25 bits per heavy atom. The average Bonchev–Trinajstić information content (AvgIpc) is 1.98. The predicted octanol–water partition coefficient (Wildman–Crippen LogP) is -2.23. The standard InChI is InChI=1S/C4H9N3O/c5-2-1-7-4(8)3(2)6/h2-3H,1,5-6H2,(H,7,8)/t2-,3+/m1/s1. The number of carbonyl (C=O) groups excluding carboxylic acids is 1. The molecule has 8 heavy (non-hydrogen) atoms. The number of rotatable bonds is 0. The van der Waals surface area contributed by atoms with Gasteiger partial charge >= 0.3 is 0 Å². The minimum Gasteiger partial charge on any atom is -0.353 e. The molecule has 1 saturated heterocycles. The lowest BCUT2D eigenvalue weighted by atomic mass is 10.2. The van der Waals surface area contributed by atoms with E-state index in [2.05, 4.69) is 5.32 Å². The molecule has 0 saturated carbocycles. The van der Waals surface area contributed by atoms with Gasteiger partial charge in [-0.2, -0.15) is 0 Å². The van der Waals surface area contributed by atoms with E-state index in [1.807, 2.05) is 0 Å². The van der Waals surface area contributed by atoms with Crippen molar-refractivity contribution in [3.05, 3.63) is 0 Å². The summed E-state index contributed by atoms with van der Waals surface area (Å²) in [6, 6.07) is -0.683. The van der Waals surface area contributed by atoms with Crippen LogP contribution in [0.4, 0.5) is 0 Å². The Labute approximate surface area is 47.2 Å². The van der Waals surface area contributed by atoms with E-state index in [9.17, 15) is 4.79 Å². The first-order valence-corrected chi connectivity index (χ1v) is 2.50. The van der Waals surface area contributed by atoms with E-state index in [0.717, 1.165) is 0 Å². The van der Waals surface area contributed by atoms with Gasteiger partial charge in [-0.05, 0) is 0 Å². The van der Waals surface area contributed by atoms with Crippen molar-refractivity contribution in [1.82, 2.24) is 5.32 Å². The van der Waals surface area contributed by atoms with Crippen LogP contribution in [0, 0.1) is 0 Å². The molecular formula is C4H9N3O. The van der Waals surface area contributed by atoms with Gasteiger partial charge in [0.05, 0.1) is 0 Å². The fourth-order valence-corrected chi connectivity index (χ4v) is 0.658. The molecule has 5 N–H and O–H groups in total. The number of carbonyl (C=O) groups is 1. The summed E-state index contributed by atoms with van der Waals surface area (Å²) in [5.41, 5.74) is 10.6. The van der Waals surface area contributed by atoms with E-state index in [1.54, 1.807) is 0 Å². The fraction of sp³-hybridized carbons (Fsp3) is 0.750. The van der Waals surface area contributed by atoms with Crippen LogP contribution in [0.2, 0.25) is 0 Å². The molecule has 1 fully saturated rings. The SMILES string of the molecule is N[C@@H]1CNC(=O)[C@H]1N. The van der Waals surface area contributed by atoms with Gasteiger partial charge in [-0.25, -0.2) is 0 Å². The molecule has 2 atom stereocenters. The summed E-state index contributed by atoms with van der Waals surface area (Å²) in [6.45, 7) is 0.514. The summed E-state index contributed by atoms with van der Waals surface area (Å²) in [5.74, 6) is -0.141. The van der Waals surface area contributed by atoms with Crippen molar-refractivity contribution in [3.8, 4) is 0 Å². The summed E-state index contributed by atoms with van der Waals surface area (Å²) in [4.78, 5) is 10.5. The quantitative estimate of drug-likeness (QED) is 0.334. The first-order chi connectivity index (χ1) is 3.72. The molecule has 0 aromatic rings. The number of amides is 1. The molecule has 0 bridgehead atoms. The molecule has 1 aliphatic heterocycles. The number of hydrogen-bond donors (Lipinski definition) is 3. The van der Waals surface area contributed by atoms with Gasteiger partial charge in [-0.1, -0.05) is 0 Å². The molecule has 4 heteroatoms. The molecule has 4 nitrogen and oxygen atoms in total. The summed E-state index contributed by atoms with van der Waals surface area (Å²) in [7, 11) is 0. The van der Waals surface area contributed by atoms with Crippen molar-refractivity contribution >= 4 is 5.91 Å². The Balaban J connectivity index is 2.56. The zero-order chi connectivity index (χ0) is 6.15. The van der Waals surface area contributed by atoms with Crippen molar-refractivity contribution in [1.29, 1.82) is 0 Å². The maximum absolute atomic E-state index is 10.5. The van der Waals surface area contributed by atoms with E-state index in [4.69, 9.17) is 11.5 Å². The van der Waals surface area contributed by atoms with Crippen LogP contribution in [-0.2, 0) is 4.79 Å². The van der Waals surface area contributed by atoms with Crippen LogP contribution in [0.5, 0.6) is 0 Å². The maximum Gasteiger partial charge on any atom is 0.238 e. The van der Waals surface area contributed by atoms with E-state index in [1.165, 1.54) is 0 Å². The average molecular weight is 115 g/mol. The van der Waals surface area contributed by atoms with Crippen molar-refractivity contribution in [3.63, 3.8) is 0 Å². The van der Waals surface area contributed by atoms with Gasteiger partial charge in [-0.15, -0.1) is 0 Å². The van der Waals surface area contributed by atoms with E-state index < -0.39 is 6.04 Å². The number of nitrogens with two attached hydrogens (primary N) is 2.